The second kappa shape index (κ2) is 7.99. The average molecular weight is 412 g/mol. The van der Waals surface area contributed by atoms with Gasteiger partial charge in [-0.3, -0.25) is 14.6 Å². The molecule has 0 radical (unpaired) electrons. The summed E-state index contributed by atoms with van der Waals surface area (Å²) in [4.78, 5) is 33.5. The summed E-state index contributed by atoms with van der Waals surface area (Å²) < 4.78 is 0. The molecule has 1 aromatic heterocycles. The summed E-state index contributed by atoms with van der Waals surface area (Å²) in [5.74, 6) is -0.465. The van der Waals surface area contributed by atoms with E-state index >= 15 is 0 Å². The molecular formula is C26H25N3O2. The molecule has 5 rings (SSSR count). The van der Waals surface area contributed by atoms with Crippen LogP contribution in [0.1, 0.15) is 53.1 Å². The fourth-order valence-electron chi connectivity index (χ4n) is 5.31. The third-order valence-electron chi connectivity index (χ3n) is 6.62. The van der Waals surface area contributed by atoms with Gasteiger partial charge in [0.15, 0.2) is 0 Å². The van der Waals surface area contributed by atoms with E-state index in [0.717, 1.165) is 42.5 Å². The highest BCUT2D eigenvalue weighted by atomic mass is 16.2. The van der Waals surface area contributed by atoms with Crippen LogP contribution in [0.2, 0.25) is 0 Å². The molecule has 2 aromatic carbocycles. The van der Waals surface area contributed by atoms with Crippen molar-refractivity contribution in [1.29, 1.82) is 0 Å². The number of benzene rings is 2. The first-order chi connectivity index (χ1) is 15.2. The van der Waals surface area contributed by atoms with Gasteiger partial charge in [0, 0.05) is 30.2 Å². The quantitative estimate of drug-likeness (QED) is 0.690. The van der Waals surface area contributed by atoms with Crippen molar-refractivity contribution in [2.75, 3.05) is 4.90 Å². The van der Waals surface area contributed by atoms with Gasteiger partial charge in [0.2, 0.25) is 5.91 Å². The number of rotatable bonds is 4. The number of hydrogen-bond acceptors (Lipinski definition) is 3. The maximum Gasteiger partial charge on any atom is 0.259 e. The van der Waals surface area contributed by atoms with E-state index in [2.05, 4.69) is 10.3 Å². The zero-order chi connectivity index (χ0) is 21.3. The second-order valence-corrected chi connectivity index (χ2v) is 8.39. The molecule has 1 fully saturated rings. The summed E-state index contributed by atoms with van der Waals surface area (Å²) in [7, 11) is 0. The van der Waals surface area contributed by atoms with E-state index in [9.17, 15) is 9.59 Å². The number of amides is 2. The van der Waals surface area contributed by atoms with Gasteiger partial charge in [-0.1, -0.05) is 55.3 Å². The van der Waals surface area contributed by atoms with Crippen LogP contribution in [-0.4, -0.2) is 22.3 Å². The van der Waals surface area contributed by atoms with Crippen molar-refractivity contribution < 1.29 is 9.59 Å². The summed E-state index contributed by atoms with van der Waals surface area (Å²) in [6, 6.07) is 21.2. The smallest absolute Gasteiger partial charge is 0.259 e. The van der Waals surface area contributed by atoms with Crippen molar-refractivity contribution in [3.05, 3.63) is 95.8 Å². The van der Waals surface area contributed by atoms with Crippen LogP contribution in [0.15, 0.2) is 79.1 Å². The molecule has 5 heteroatoms. The Morgan fingerprint density at radius 3 is 2.48 bits per heavy atom. The van der Waals surface area contributed by atoms with Crippen molar-refractivity contribution in [1.82, 2.24) is 10.3 Å². The number of carbonyl (C=O) groups is 2. The molecule has 1 aliphatic carbocycles. The van der Waals surface area contributed by atoms with Crippen LogP contribution in [0.3, 0.4) is 0 Å². The third-order valence-corrected chi connectivity index (χ3v) is 6.62. The highest BCUT2D eigenvalue weighted by molar-refractivity contribution is 6.12. The maximum atomic E-state index is 13.7. The number of aromatic nitrogens is 1. The van der Waals surface area contributed by atoms with E-state index in [4.69, 9.17) is 0 Å². The van der Waals surface area contributed by atoms with Crippen LogP contribution in [-0.2, 0) is 11.3 Å². The Balaban J connectivity index is 1.59. The zero-order valence-corrected chi connectivity index (χ0v) is 17.3. The number of nitrogens with zero attached hydrogens (tertiary/aromatic N) is 2. The molecule has 1 aliphatic heterocycles. The molecule has 0 bridgehead atoms. The van der Waals surface area contributed by atoms with Crippen LogP contribution < -0.4 is 10.2 Å². The first kappa shape index (κ1) is 19.5. The zero-order valence-electron chi connectivity index (χ0n) is 17.3. The van der Waals surface area contributed by atoms with Crippen molar-refractivity contribution in [3.63, 3.8) is 0 Å². The lowest BCUT2D eigenvalue weighted by Crippen LogP contribution is -2.61. The Morgan fingerprint density at radius 2 is 1.74 bits per heavy atom. The lowest BCUT2D eigenvalue weighted by molar-refractivity contribution is -0.124. The molecule has 156 valence electrons. The molecule has 31 heavy (non-hydrogen) atoms. The standard InChI is InChI=1S/C26H25N3O2/c30-24(28-18-19-9-8-16-27-17-19)23-21-12-4-5-13-22(21)25(31)29(20-10-2-1-3-11-20)26(23)14-6-7-15-26/h1-5,8-13,16-17,23H,6-7,14-15,18H2,(H,28,30)/t23-/m0/s1. The van der Waals surface area contributed by atoms with Crippen molar-refractivity contribution in [2.24, 2.45) is 0 Å². The maximum absolute atomic E-state index is 13.7. The van der Waals surface area contributed by atoms with Gasteiger partial charge in [-0.25, -0.2) is 0 Å². The first-order valence-electron chi connectivity index (χ1n) is 10.9. The van der Waals surface area contributed by atoms with Gasteiger partial charge in [0.1, 0.15) is 0 Å². The number of fused-ring (bicyclic) bond motifs is 1. The Labute approximate surface area is 182 Å². The van der Waals surface area contributed by atoms with E-state index in [1.807, 2.05) is 71.6 Å². The molecule has 2 heterocycles. The van der Waals surface area contributed by atoms with Gasteiger partial charge in [-0.15, -0.1) is 0 Å². The van der Waals surface area contributed by atoms with Gasteiger partial charge >= 0.3 is 0 Å². The number of anilines is 1. The van der Waals surface area contributed by atoms with E-state index in [0.29, 0.717) is 12.1 Å². The molecule has 1 saturated carbocycles. The number of hydrogen-bond donors (Lipinski definition) is 1. The van der Waals surface area contributed by atoms with Gasteiger partial charge in [0.05, 0.1) is 11.5 Å². The molecule has 3 aromatic rings. The molecule has 2 aliphatic rings. The molecule has 2 amide bonds. The van der Waals surface area contributed by atoms with E-state index in [-0.39, 0.29) is 11.8 Å². The largest absolute Gasteiger partial charge is 0.351 e. The summed E-state index contributed by atoms with van der Waals surface area (Å²) in [6.07, 6.45) is 7.12. The van der Waals surface area contributed by atoms with Gasteiger partial charge in [0.25, 0.3) is 5.91 Å². The lowest BCUT2D eigenvalue weighted by Gasteiger charge is -2.50. The highest BCUT2D eigenvalue weighted by Gasteiger charge is 2.56. The van der Waals surface area contributed by atoms with Crippen LogP contribution in [0.4, 0.5) is 5.69 Å². The Bertz CT molecular complexity index is 1090. The minimum Gasteiger partial charge on any atom is -0.351 e. The number of pyridine rings is 1. The molecule has 0 saturated heterocycles. The molecule has 1 spiro atoms. The fourth-order valence-corrected chi connectivity index (χ4v) is 5.31. The summed E-state index contributed by atoms with van der Waals surface area (Å²) in [5.41, 5.74) is 2.72. The SMILES string of the molecule is O=C(NCc1cccnc1)[C@@H]1c2ccccc2C(=O)N(c2ccccc2)C12CCCC2. The lowest BCUT2D eigenvalue weighted by atomic mass is 9.70. The Morgan fingerprint density at radius 1 is 1.00 bits per heavy atom. The minimum atomic E-state index is -0.550. The minimum absolute atomic E-state index is 0.0139. The average Bonchev–Trinajstić information content (AvgIpc) is 3.28. The third kappa shape index (κ3) is 3.30. The Hall–Kier alpha value is -3.47. The molecule has 1 N–H and O–H groups in total. The van der Waals surface area contributed by atoms with E-state index in [1.165, 1.54) is 0 Å². The molecule has 5 nitrogen and oxygen atoms in total. The second-order valence-electron chi connectivity index (χ2n) is 8.39. The van der Waals surface area contributed by atoms with Crippen molar-refractivity contribution in [2.45, 2.75) is 43.7 Å². The van der Waals surface area contributed by atoms with Crippen LogP contribution in [0.25, 0.3) is 0 Å². The predicted molar refractivity (Wildman–Crippen MR) is 120 cm³/mol. The van der Waals surface area contributed by atoms with Gasteiger partial charge in [-0.05, 0) is 48.2 Å². The fraction of sp³-hybridized carbons (Fsp3) is 0.269. The normalized spacial score (nSPS) is 19.3. The van der Waals surface area contributed by atoms with E-state index in [1.54, 1.807) is 12.4 Å². The van der Waals surface area contributed by atoms with Gasteiger partial charge in [-0.2, -0.15) is 0 Å². The molecular weight excluding hydrogens is 386 g/mol. The van der Waals surface area contributed by atoms with Gasteiger partial charge < -0.3 is 10.2 Å². The van der Waals surface area contributed by atoms with Crippen LogP contribution in [0, 0.1) is 0 Å². The Kier molecular flexibility index (Phi) is 5.02. The summed E-state index contributed by atoms with van der Waals surface area (Å²) >= 11 is 0. The van der Waals surface area contributed by atoms with Crippen molar-refractivity contribution in [3.8, 4) is 0 Å². The summed E-state index contributed by atoms with van der Waals surface area (Å²) in [5, 5.41) is 3.13. The topological polar surface area (TPSA) is 62.3 Å². The first-order valence-corrected chi connectivity index (χ1v) is 10.9. The van der Waals surface area contributed by atoms with Crippen LogP contribution >= 0.6 is 0 Å². The number of para-hydroxylation sites is 1. The molecule has 1 atom stereocenters. The number of nitrogens with one attached hydrogen (secondary N) is 1. The van der Waals surface area contributed by atoms with E-state index < -0.39 is 11.5 Å². The highest BCUT2D eigenvalue weighted by Crippen LogP contribution is 2.51. The summed E-state index contributed by atoms with van der Waals surface area (Å²) in [6.45, 7) is 0.417. The predicted octanol–water partition coefficient (Wildman–Crippen LogP) is 4.45. The monoisotopic (exact) mass is 411 g/mol. The molecule has 0 unspecified atom stereocenters. The number of carbonyl (C=O) groups excluding carboxylic acids is 2. The van der Waals surface area contributed by atoms with Crippen molar-refractivity contribution >= 4 is 17.5 Å². The van der Waals surface area contributed by atoms with Crippen LogP contribution in [0.5, 0.6) is 0 Å².